The van der Waals surface area contributed by atoms with Crippen molar-refractivity contribution in [2.45, 2.75) is 14.9 Å². The van der Waals surface area contributed by atoms with Crippen LogP contribution in [0.5, 0.6) is 0 Å². The minimum Gasteiger partial charge on any atom is -0.748 e. The Morgan fingerprint density at radius 3 is 1.41 bits per heavy atom. The molecule has 5 radical (unpaired) electrons. The minimum absolute atomic E-state index is 0. The number of nitrogens with zero attached hydrogens (tertiary/aromatic N) is 4. The van der Waals surface area contributed by atoms with E-state index in [1.54, 1.807) is 24.5 Å². The number of aromatic nitrogens is 4. The predicted molar refractivity (Wildman–Crippen MR) is 301 cm³/mol. The molecule has 0 aliphatic rings. The number of hydrogen-bond acceptors (Lipinski definition) is 11. The molecule has 0 bridgehead atoms. The van der Waals surface area contributed by atoms with E-state index in [2.05, 4.69) is 38.1 Å². The van der Waals surface area contributed by atoms with Gasteiger partial charge in [0.2, 0.25) is 0 Å². The zero-order valence-electron chi connectivity index (χ0n) is 47.6. The molecule has 12 aromatic rings. The van der Waals surface area contributed by atoms with E-state index in [9.17, 15) is 0 Å². The van der Waals surface area contributed by atoms with Crippen molar-refractivity contribution < 1.29 is 83.2 Å². The van der Waals surface area contributed by atoms with Crippen molar-refractivity contribution in [1.82, 2.24) is 19.9 Å². The Kier molecular flexibility index (Phi) is 24.7. The van der Waals surface area contributed by atoms with Crippen LogP contribution in [-0.4, -0.2) is 72.0 Å². The third-order valence-corrected chi connectivity index (χ3v) is 9.47. The molecule has 6 aromatic carbocycles. The van der Waals surface area contributed by atoms with E-state index in [1.807, 2.05) is 152 Å². The van der Waals surface area contributed by atoms with Crippen molar-refractivity contribution in [2.24, 2.45) is 0 Å². The Morgan fingerprint density at radius 1 is 0.487 bits per heavy atom. The van der Waals surface area contributed by atoms with Crippen LogP contribution >= 0.6 is 0 Å². The van der Waals surface area contributed by atoms with Crippen LogP contribution in [0.4, 0.5) is 0 Å². The Hall–Kier alpha value is -7.29. The molecule has 0 aliphatic heterocycles. The summed E-state index contributed by atoms with van der Waals surface area (Å²) in [5.74, 6) is 0. The number of furan rings is 2. The van der Waals surface area contributed by atoms with Gasteiger partial charge in [-0.1, -0.05) is 117 Å². The standard InChI is InChI=1S/C17H11NO.C17H10NO.2C11H8N.CH4O3S.2CH4O.2CH4.B.2Ir/c2*1-2-10-16-12(6-1)13-7-5-8-14(17(13)19-16)15-9-3-4-11-18-15;2*1-2-6-10(7-3-1)11-8-4-5-9-12-11;1-5(2,3)4;2*1-2;;;;;/h1-11H;1-7,9-11H;2*1-6,8-9H;1H3,(H,2,3,4);2*2H,1H3;2*1H4;;;/q;3*-1;;;;;;;;/p-1/i2*3D,4D,9D,11D;;;;;;;;;;. The second-order valence-corrected chi connectivity index (χ2v) is 15.5. The number of aliphatic hydroxyl groups excluding tert-OH is 2. The molecular formula is C61H56BIr2N4O7S-4. The molecule has 0 saturated carbocycles. The van der Waals surface area contributed by atoms with Gasteiger partial charge >= 0.3 is 0 Å². The topological polar surface area (TPSA) is 175 Å². The summed E-state index contributed by atoms with van der Waals surface area (Å²) in [5.41, 5.74) is 7.89. The monoisotopic (exact) mass is 1390 g/mol. The molecule has 0 amide bonds. The van der Waals surface area contributed by atoms with Crippen molar-refractivity contribution in [3.05, 3.63) is 243 Å². The van der Waals surface area contributed by atoms with Crippen molar-refractivity contribution in [2.75, 3.05) is 20.5 Å². The molecular weight excluding hydrogens is 1330 g/mol. The Labute approximate surface area is 486 Å². The summed E-state index contributed by atoms with van der Waals surface area (Å²) < 4.78 is 101. The van der Waals surface area contributed by atoms with E-state index >= 15 is 0 Å². The van der Waals surface area contributed by atoms with Crippen molar-refractivity contribution >= 4 is 62.4 Å². The third-order valence-electron chi connectivity index (χ3n) is 9.47. The summed E-state index contributed by atoms with van der Waals surface area (Å²) in [6.07, 6.45) is 3.54. The van der Waals surface area contributed by atoms with Crippen LogP contribution in [0.25, 0.3) is 88.9 Å². The van der Waals surface area contributed by atoms with Gasteiger partial charge in [0.25, 0.3) is 0 Å². The molecule has 393 valence electrons. The van der Waals surface area contributed by atoms with Crippen molar-refractivity contribution in [3.63, 3.8) is 0 Å². The fourth-order valence-corrected chi connectivity index (χ4v) is 6.66. The molecule has 0 unspecified atom stereocenters. The number of hydrogen-bond donors (Lipinski definition) is 2. The first-order valence-electron chi connectivity index (χ1n) is 25.3. The van der Waals surface area contributed by atoms with Gasteiger partial charge in [-0.15, -0.1) is 90.0 Å². The number of rotatable bonds is 4. The van der Waals surface area contributed by atoms with Crippen LogP contribution < -0.4 is 0 Å². The molecule has 2 N–H and O–H groups in total. The smallest absolute Gasteiger partial charge is 0.144 e. The summed E-state index contributed by atoms with van der Waals surface area (Å²) in [7, 11) is -1.92. The quantitative estimate of drug-likeness (QED) is 0.0974. The fraction of sp³-hybridized carbons (Fsp3) is 0.0820. The van der Waals surface area contributed by atoms with Crippen molar-refractivity contribution in [3.8, 4) is 45.0 Å². The van der Waals surface area contributed by atoms with E-state index in [0.29, 0.717) is 34.1 Å². The Morgan fingerprint density at radius 2 is 0.921 bits per heavy atom. The number of fused-ring (bicyclic) bond motifs is 6. The first-order chi connectivity index (χ1) is 38.1. The van der Waals surface area contributed by atoms with Gasteiger partial charge in [0.05, 0.1) is 32.4 Å². The van der Waals surface area contributed by atoms with Crippen LogP contribution in [-0.2, 0) is 50.3 Å². The predicted octanol–water partition coefficient (Wildman–Crippen LogP) is 13.5. The minimum atomic E-state index is -3.92. The molecule has 6 heterocycles. The number of aliphatic hydroxyl groups is 2. The maximum absolute atomic E-state index is 9.08. The first-order valence-corrected chi connectivity index (χ1v) is 23.1. The Balaban J connectivity index is 0.000000541. The largest absolute Gasteiger partial charge is 0.748 e. The van der Waals surface area contributed by atoms with Gasteiger partial charge in [-0.2, -0.15) is 0 Å². The van der Waals surface area contributed by atoms with Gasteiger partial charge in [0, 0.05) is 116 Å². The molecule has 0 atom stereocenters. The van der Waals surface area contributed by atoms with Crippen LogP contribution in [0.3, 0.4) is 0 Å². The fourth-order valence-electron chi connectivity index (χ4n) is 6.66. The normalized spacial score (nSPS) is 11.0. The molecule has 0 aliphatic carbocycles. The van der Waals surface area contributed by atoms with Crippen LogP contribution in [0.1, 0.15) is 25.8 Å². The Bertz CT molecular complexity index is 3740. The second-order valence-electron chi connectivity index (χ2n) is 14.1. The van der Waals surface area contributed by atoms with Crippen LogP contribution in [0.15, 0.2) is 234 Å². The van der Waals surface area contributed by atoms with Crippen LogP contribution in [0.2, 0.25) is 0 Å². The summed E-state index contributed by atoms with van der Waals surface area (Å²) in [4.78, 5) is 16.5. The molecule has 0 spiro atoms. The van der Waals surface area contributed by atoms with Crippen molar-refractivity contribution in [1.29, 1.82) is 0 Å². The number of benzene rings is 6. The maximum atomic E-state index is 9.08. The van der Waals surface area contributed by atoms with E-state index in [0.717, 1.165) is 63.9 Å². The van der Waals surface area contributed by atoms with Gasteiger partial charge < -0.3 is 38.6 Å². The number of para-hydroxylation sites is 3. The average Bonchev–Trinajstić information content (AvgIpc) is 2.09. The van der Waals surface area contributed by atoms with Gasteiger partial charge in [0.15, 0.2) is 0 Å². The molecule has 15 heteroatoms. The summed E-state index contributed by atoms with van der Waals surface area (Å²) >= 11 is 0. The maximum Gasteiger partial charge on any atom is 0.144 e. The SMILES string of the molecule is C.C.CO.CO.CS(=O)(=O)[O-].[2H]c1nc(-c2[c-]ccc3c2oc2ccccc23)c([2H])c([2H])c1[2H].[2H]c1nc(-c2cccc3c2oc2ccccc23)c([2H])c([2H])c1[2H].[B].[Ir].[Ir].[c-]1ccccc1-c1ccccn1.[c-]1ccccc1-c1ccccn1. The van der Waals surface area contributed by atoms with Gasteiger partial charge in [-0.3, -0.25) is 4.98 Å². The molecule has 11 nitrogen and oxygen atoms in total. The summed E-state index contributed by atoms with van der Waals surface area (Å²) in [5, 5.41) is 17.7. The number of pyridine rings is 4. The van der Waals surface area contributed by atoms with E-state index < -0.39 is 10.1 Å². The third kappa shape index (κ3) is 19.1. The van der Waals surface area contributed by atoms with Gasteiger partial charge in [0.1, 0.15) is 16.7 Å². The van der Waals surface area contributed by atoms with E-state index in [1.165, 1.54) is 0 Å². The van der Waals surface area contributed by atoms with E-state index in [-0.39, 0.29) is 123 Å². The molecule has 12 rings (SSSR count). The average molecular weight is 1390 g/mol. The first kappa shape index (κ1) is 53.5. The second kappa shape index (κ2) is 35.1. The molecule has 6 aromatic heterocycles. The summed E-state index contributed by atoms with van der Waals surface area (Å²) in [6, 6.07) is 59.3. The van der Waals surface area contributed by atoms with E-state index in [4.69, 9.17) is 43.0 Å². The molecule has 0 fully saturated rings. The molecule has 76 heavy (non-hydrogen) atoms. The summed E-state index contributed by atoms with van der Waals surface area (Å²) in [6.45, 7) is 0. The molecule has 0 saturated heterocycles. The van der Waals surface area contributed by atoms with Gasteiger partial charge in [-0.05, 0) is 65.5 Å². The zero-order chi connectivity index (χ0) is 57.2. The van der Waals surface area contributed by atoms with Crippen LogP contribution in [0, 0.1) is 18.2 Å². The van der Waals surface area contributed by atoms with Gasteiger partial charge in [-0.25, -0.2) is 8.42 Å². The zero-order valence-corrected chi connectivity index (χ0v) is 45.2.